The summed E-state index contributed by atoms with van der Waals surface area (Å²) in [6.45, 7) is 9.12. The first-order valence-corrected chi connectivity index (χ1v) is 12.3. The number of benzene rings is 1. The minimum absolute atomic E-state index is 0.156. The number of hydrogen-bond donors (Lipinski definition) is 2. The molecule has 1 fully saturated rings. The Labute approximate surface area is 202 Å². The molecule has 0 saturated carbocycles. The third-order valence-electron chi connectivity index (χ3n) is 6.61. The van der Waals surface area contributed by atoms with Crippen molar-refractivity contribution in [2.45, 2.75) is 57.3 Å². The molecule has 0 radical (unpaired) electrons. The first-order valence-electron chi connectivity index (χ1n) is 11.5. The van der Waals surface area contributed by atoms with E-state index in [4.69, 9.17) is 0 Å². The van der Waals surface area contributed by atoms with E-state index in [0.717, 1.165) is 49.5 Å². The van der Waals surface area contributed by atoms with E-state index in [9.17, 15) is 14.3 Å². The molecule has 4 atom stereocenters. The number of aliphatic hydroxyl groups is 1. The Hall–Kier alpha value is -1.94. The number of nitrogens with one attached hydrogen (secondary N) is 1. The van der Waals surface area contributed by atoms with Crippen molar-refractivity contribution in [1.29, 1.82) is 0 Å². The molecular formula is C24H31BrFN5O2. The van der Waals surface area contributed by atoms with Gasteiger partial charge in [-0.05, 0) is 59.8 Å². The predicted molar refractivity (Wildman–Crippen MR) is 129 cm³/mol. The molecule has 2 aliphatic rings. The Morgan fingerprint density at radius 2 is 1.97 bits per heavy atom. The van der Waals surface area contributed by atoms with Gasteiger partial charge in [0.1, 0.15) is 24.2 Å². The van der Waals surface area contributed by atoms with Crippen LogP contribution in [-0.2, 0) is 4.79 Å². The topological polar surface area (TPSA) is 81.6 Å². The maximum Gasteiger partial charge on any atom is 0.137 e. The molecule has 2 N–H and O–H groups in total. The van der Waals surface area contributed by atoms with Crippen LogP contribution in [-0.4, -0.2) is 64.6 Å². The molecule has 2 heterocycles. The fourth-order valence-electron chi connectivity index (χ4n) is 5.00. The van der Waals surface area contributed by atoms with Gasteiger partial charge in [0.05, 0.1) is 28.4 Å². The lowest BCUT2D eigenvalue weighted by Gasteiger charge is -2.43. The molecule has 7 nitrogen and oxygen atoms in total. The standard InChI is InChI=1S/C24H31BrFN5O2/c1-14(2)29-23(17(12-32)16-4-5-18(25)19(26)11-16)30-6-8-31(9-7-30)24-21-15(3)10-20(33)22(21)27-13-28-24/h4-5,11-15,17,20,23,29,33H,6-10H2,1-3H3/t15-,17?,20+,23?/m1/s1. The molecule has 4 rings (SSSR count). The Balaban J connectivity index is 1.54. The van der Waals surface area contributed by atoms with Gasteiger partial charge in [0.15, 0.2) is 0 Å². The van der Waals surface area contributed by atoms with E-state index in [0.29, 0.717) is 16.5 Å². The largest absolute Gasteiger partial charge is 0.387 e. The molecule has 1 aromatic heterocycles. The van der Waals surface area contributed by atoms with Gasteiger partial charge in [-0.15, -0.1) is 0 Å². The maximum absolute atomic E-state index is 14.2. The Morgan fingerprint density at radius 1 is 1.24 bits per heavy atom. The van der Waals surface area contributed by atoms with E-state index in [2.05, 4.69) is 47.9 Å². The minimum atomic E-state index is -0.530. The lowest BCUT2D eigenvalue weighted by atomic mass is 9.95. The summed E-state index contributed by atoms with van der Waals surface area (Å²) in [6.07, 6.45) is 2.34. The molecule has 1 aromatic carbocycles. The van der Waals surface area contributed by atoms with Gasteiger partial charge in [0, 0.05) is 37.8 Å². The summed E-state index contributed by atoms with van der Waals surface area (Å²) in [5.41, 5.74) is 2.45. The van der Waals surface area contributed by atoms with Crippen molar-refractivity contribution in [2.24, 2.45) is 0 Å². The fourth-order valence-corrected chi connectivity index (χ4v) is 5.25. The lowest BCUT2D eigenvalue weighted by Crippen LogP contribution is -2.58. The van der Waals surface area contributed by atoms with Gasteiger partial charge in [0.2, 0.25) is 0 Å². The number of carbonyl (C=O) groups is 1. The highest BCUT2D eigenvalue weighted by Crippen LogP contribution is 2.42. The van der Waals surface area contributed by atoms with E-state index >= 15 is 0 Å². The molecule has 33 heavy (non-hydrogen) atoms. The van der Waals surface area contributed by atoms with Crippen LogP contribution in [0.2, 0.25) is 0 Å². The monoisotopic (exact) mass is 519 g/mol. The number of aldehydes is 1. The molecular weight excluding hydrogens is 489 g/mol. The number of fused-ring (bicyclic) bond motifs is 1. The lowest BCUT2D eigenvalue weighted by molar-refractivity contribution is -0.111. The van der Waals surface area contributed by atoms with Crippen molar-refractivity contribution < 1.29 is 14.3 Å². The van der Waals surface area contributed by atoms with Crippen LogP contribution in [0.1, 0.15) is 62.0 Å². The second-order valence-electron chi connectivity index (χ2n) is 9.27. The second-order valence-corrected chi connectivity index (χ2v) is 10.1. The summed E-state index contributed by atoms with van der Waals surface area (Å²) in [5.74, 6) is 0.242. The van der Waals surface area contributed by atoms with Crippen molar-refractivity contribution in [3.63, 3.8) is 0 Å². The molecule has 9 heteroatoms. The first-order chi connectivity index (χ1) is 15.8. The summed E-state index contributed by atoms with van der Waals surface area (Å²) >= 11 is 3.19. The summed E-state index contributed by atoms with van der Waals surface area (Å²) in [6, 6.07) is 5.04. The number of nitrogens with zero attached hydrogens (tertiary/aromatic N) is 4. The van der Waals surface area contributed by atoms with Crippen LogP contribution in [0.25, 0.3) is 0 Å². The van der Waals surface area contributed by atoms with Crippen LogP contribution in [0.15, 0.2) is 29.0 Å². The summed E-state index contributed by atoms with van der Waals surface area (Å²) < 4.78 is 14.6. The Bertz CT molecular complexity index is 999. The number of halogens is 2. The fraction of sp³-hybridized carbons (Fsp3) is 0.542. The summed E-state index contributed by atoms with van der Waals surface area (Å²) in [4.78, 5) is 25.6. The van der Waals surface area contributed by atoms with E-state index in [-0.39, 0.29) is 23.9 Å². The molecule has 1 aliphatic carbocycles. The molecule has 2 unspecified atom stereocenters. The zero-order valence-corrected chi connectivity index (χ0v) is 20.8. The molecule has 1 aliphatic heterocycles. The van der Waals surface area contributed by atoms with Gasteiger partial charge < -0.3 is 14.8 Å². The van der Waals surface area contributed by atoms with Crippen LogP contribution < -0.4 is 10.2 Å². The van der Waals surface area contributed by atoms with Crippen LogP contribution in [0.4, 0.5) is 10.2 Å². The van der Waals surface area contributed by atoms with Gasteiger partial charge in [-0.3, -0.25) is 10.2 Å². The number of piperazine rings is 1. The smallest absolute Gasteiger partial charge is 0.137 e. The molecule has 2 aromatic rings. The number of anilines is 1. The van der Waals surface area contributed by atoms with Crippen LogP contribution in [0.5, 0.6) is 0 Å². The number of aromatic nitrogens is 2. The third-order valence-corrected chi connectivity index (χ3v) is 7.25. The Kier molecular flexibility index (Phi) is 7.43. The van der Waals surface area contributed by atoms with Gasteiger partial charge in [-0.1, -0.05) is 13.0 Å². The highest BCUT2D eigenvalue weighted by molar-refractivity contribution is 9.10. The zero-order chi connectivity index (χ0) is 23.7. The highest BCUT2D eigenvalue weighted by atomic mass is 79.9. The highest BCUT2D eigenvalue weighted by Gasteiger charge is 2.36. The number of carbonyl (C=O) groups excluding carboxylic acids is 1. The minimum Gasteiger partial charge on any atom is -0.387 e. The van der Waals surface area contributed by atoms with E-state index < -0.39 is 12.0 Å². The van der Waals surface area contributed by atoms with Crippen LogP contribution >= 0.6 is 15.9 Å². The summed E-state index contributed by atoms with van der Waals surface area (Å²) in [5, 5.41) is 13.8. The average molecular weight is 520 g/mol. The predicted octanol–water partition coefficient (Wildman–Crippen LogP) is 3.35. The summed E-state index contributed by atoms with van der Waals surface area (Å²) in [7, 11) is 0. The quantitative estimate of drug-likeness (QED) is 0.542. The second kappa shape index (κ2) is 10.1. The number of hydrogen-bond acceptors (Lipinski definition) is 7. The van der Waals surface area contributed by atoms with Crippen molar-refractivity contribution in [3.05, 3.63) is 51.6 Å². The van der Waals surface area contributed by atoms with Crippen molar-refractivity contribution in [1.82, 2.24) is 20.2 Å². The van der Waals surface area contributed by atoms with E-state index in [1.165, 1.54) is 12.4 Å². The van der Waals surface area contributed by atoms with Crippen LogP contribution in [0.3, 0.4) is 0 Å². The number of aliphatic hydroxyl groups excluding tert-OH is 1. The Morgan fingerprint density at radius 3 is 2.61 bits per heavy atom. The zero-order valence-electron chi connectivity index (χ0n) is 19.2. The van der Waals surface area contributed by atoms with Gasteiger partial charge in [-0.2, -0.15) is 0 Å². The molecule has 0 bridgehead atoms. The maximum atomic E-state index is 14.2. The van der Waals surface area contributed by atoms with Gasteiger partial charge >= 0.3 is 0 Å². The normalized spacial score (nSPS) is 22.9. The van der Waals surface area contributed by atoms with E-state index in [1.807, 2.05) is 13.8 Å². The first kappa shape index (κ1) is 24.2. The van der Waals surface area contributed by atoms with Crippen molar-refractivity contribution in [3.8, 4) is 0 Å². The third kappa shape index (κ3) is 4.96. The van der Waals surface area contributed by atoms with E-state index in [1.54, 1.807) is 12.1 Å². The van der Waals surface area contributed by atoms with Crippen molar-refractivity contribution >= 4 is 28.0 Å². The molecule has 178 valence electrons. The molecule has 0 amide bonds. The van der Waals surface area contributed by atoms with Gasteiger partial charge in [0.25, 0.3) is 0 Å². The SMILES string of the molecule is CC(C)NC(C(C=O)c1ccc(Br)c(F)c1)N1CCN(c2ncnc3c2[C@H](C)C[C@@H]3O)CC1. The van der Waals surface area contributed by atoms with Gasteiger partial charge in [-0.25, -0.2) is 14.4 Å². The van der Waals surface area contributed by atoms with Crippen molar-refractivity contribution in [2.75, 3.05) is 31.1 Å². The molecule has 1 saturated heterocycles. The van der Waals surface area contributed by atoms with Crippen LogP contribution in [0, 0.1) is 5.82 Å². The molecule has 0 spiro atoms. The average Bonchev–Trinajstić information content (AvgIpc) is 3.09. The number of rotatable bonds is 7.